The van der Waals surface area contributed by atoms with Gasteiger partial charge in [0.1, 0.15) is 5.75 Å². The molecule has 6 nitrogen and oxygen atoms in total. The minimum atomic E-state index is -3.81. The van der Waals surface area contributed by atoms with Crippen molar-refractivity contribution >= 4 is 38.9 Å². The highest BCUT2D eigenvalue weighted by Gasteiger charge is 2.20. The van der Waals surface area contributed by atoms with Crippen molar-refractivity contribution in [2.75, 3.05) is 10.0 Å². The Morgan fingerprint density at radius 1 is 1.00 bits per heavy atom. The van der Waals surface area contributed by atoms with Crippen LogP contribution < -0.4 is 14.8 Å². The van der Waals surface area contributed by atoms with Crippen molar-refractivity contribution in [3.63, 3.8) is 0 Å². The molecule has 0 aliphatic rings. The van der Waals surface area contributed by atoms with E-state index < -0.39 is 16.1 Å². The lowest BCUT2D eigenvalue weighted by Gasteiger charge is -2.18. The summed E-state index contributed by atoms with van der Waals surface area (Å²) in [7, 11) is -3.81. The average Bonchev–Trinajstić information content (AvgIpc) is 2.78. The molecule has 1 unspecified atom stereocenters. The lowest BCUT2D eigenvalue weighted by atomic mass is 10.1. The first-order valence-electron chi connectivity index (χ1n) is 10.5. The first-order valence-corrected chi connectivity index (χ1v) is 12.4. The van der Waals surface area contributed by atoms with Crippen LogP contribution in [0.2, 0.25) is 5.02 Å². The second kappa shape index (κ2) is 10.3. The maximum atomic E-state index is 12.7. The summed E-state index contributed by atoms with van der Waals surface area (Å²) in [5, 5.41) is 3.26. The first kappa shape index (κ1) is 24.6. The smallest absolute Gasteiger partial charge is 0.265 e. The van der Waals surface area contributed by atoms with Gasteiger partial charge in [0.15, 0.2) is 6.10 Å². The molecule has 3 rings (SSSR count). The van der Waals surface area contributed by atoms with Crippen molar-refractivity contribution in [1.29, 1.82) is 0 Å². The number of hydrogen-bond acceptors (Lipinski definition) is 4. The predicted molar refractivity (Wildman–Crippen MR) is 133 cm³/mol. The van der Waals surface area contributed by atoms with E-state index in [4.69, 9.17) is 16.3 Å². The Hall–Kier alpha value is -3.03. The zero-order chi connectivity index (χ0) is 24.2. The summed E-state index contributed by atoms with van der Waals surface area (Å²) in [6.45, 7) is 7.60. The fourth-order valence-corrected chi connectivity index (χ4v) is 4.43. The Labute approximate surface area is 200 Å². The summed E-state index contributed by atoms with van der Waals surface area (Å²) in [6.07, 6.45) is -0.198. The van der Waals surface area contributed by atoms with Gasteiger partial charge < -0.3 is 10.1 Å². The first-order chi connectivity index (χ1) is 15.6. The third-order valence-corrected chi connectivity index (χ3v) is 7.15. The van der Waals surface area contributed by atoms with Crippen LogP contribution in [0.3, 0.4) is 0 Å². The van der Waals surface area contributed by atoms with Crippen molar-refractivity contribution in [3.8, 4) is 5.75 Å². The number of amides is 1. The SMILES string of the molecule is CCC(Oc1ccc(C)c(C)c1)C(=O)Nc1ccc(S(=O)(=O)Nc2cccc(Cl)c2C)cc1. The number of aryl methyl sites for hydroxylation is 2. The standard InChI is InChI=1S/C25H27ClN2O4S/c1-5-24(32-20-12-9-16(2)17(3)15-20)25(29)27-19-10-13-21(14-11-19)33(30,31)28-23-8-6-7-22(26)18(23)4/h6-15,24,28H,5H2,1-4H3,(H,27,29). The van der Waals surface area contributed by atoms with E-state index >= 15 is 0 Å². The van der Waals surface area contributed by atoms with E-state index in [0.29, 0.717) is 34.1 Å². The Bertz CT molecular complexity index is 1260. The van der Waals surface area contributed by atoms with E-state index in [9.17, 15) is 13.2 Å². The van der Waals surface area contributed by atoms with Gasteiger partial charge in [-0.15, -0.1) is 0 Å². The summed E-state index contributed by atoms with van der Waals surface area (Å²) in [5.74, 6) is 0.322. The monoisotopic (exact) mass is 486 g/mol. The fraction of sp³-hybridized carbons (Fsp3) is 0.240. The molecule has 0 aliphatic carbocycles. The maximum absolute atomic E-state index is 12.7. The summed E-state index contributed by atoms with van der Waals surface area (Å²) in [6, 6.07) is 16.7. The third-order valence-electron chi connectivity index (χ3n) is 5.36. The van der Waals surface area contributed by atoms with Crippen LogP contribution in [0.5, 0.6) is 5.75 Å². The zero-order valence-corrected chi connectivity index (χ0v) is 20.5. The van der Waals surface area contributed by atoms with Gasteiger partial charge in [0.2, 0.25) is 0 Å². The number of hydrogen-bond donors (Lipinski definition) is 2. The minimum absolute atomic E-state index is 0.0679. The molecule has 0 aromatic heterocycles. The van der Waals surface area contributed by atoms with Gasteiger partial charge in [-0.25, -0.2) is 8.42 Å². The molecule has 0 bridgehead atoms. The molecule has 1 atom stereocenters. The van der Waals surface area contributed by atoms with Crippen LogP contribution in [-0.4, -0.2) is 20.4 Å². The highest BCUT2D eigenvalue weighted by molar-refractivity contribution is 7.92. The van der Waals surface area contributed by atoms with E-state index in [1.807, 2.05) is 39.0 Å². The maximum Gasteiger partial charge on any atom is 0.265 e. The Kier molecular flexibility index (Phi) is 7.66. The number of sulfonamides is 1. The van der Waals surface area contributed by atoms with Crippen LogP contribution in [0.1, 0.15) is 30.0 Å². The molecule has 3 aromatic rings. The number of nitrogens with one attached hydrogen (secondary N) is 2. The van der Waals surface area contributed by atoms with Gasteiger partial charge in [0, 0.05) is 10.7 Å². The number of carbonyl (C=O) groups is 1. The Morgan fingerprint density at radius 3 is 2.33 bits per heavy atom. The number of halogens is 1. The fourth-order valence-electron chi connectivity index (χ4n) is 3.14. The van der Waals surface area contributed by atoms with Crippen LogP contribution in [0.4, 0.5) is 11.4 Å². The van der Waals surface area contributed by atoms with Crippen LogP contribution in [0.25, 0.3) is 0 Å². The van der Waals surface area contributed by atoms with Crippen LogP contribution >= 0.6 is 11.6 Å². The number of carbonyl (C=O) groups excluding carboxylic acids is 1. The van der Waals surface area contributed by atoms with E-state index in [2.05, 4.69) is 10.0 Å². The van der Waals surface area contributed by atoms with Gasteiger partial charge in [-0.2, -0.15) is 0 Å². The molecule has 0 aliphatic heterocycles. The lowest BCUT2D eigenvalue weighted by Crippen LogP contribution is -2.32. The molecule has 0 fully saturated rings. The molecule has 0 spiro atoms. The molecule has 3 aromatic carbocycles. The second-order valence-corrected chi connectivity index (χ2v) is 9.88. The highest BCUT2D eigenvalue weighted by Crippen LogP contribution is 2.26. The molecular weight excluding hydrogens is 460 g/mol. The summed E-state index contributed by atoms with van der Waals surface area (Å²) >= 11 is 6.08. The van der Waals surface area contributed by atoms with Crippen LogP contribution in [0.15, 0.2) is 65.6 Å². The van der Waals surface area contributed by atoms with E-state index in [1.54, 1.807) is 37.3 Å². The average molecular weight is 487 g/mol. The minimum Gasteiger partial charge on any atom is -0.481 e. The largest absolute Gasteiger partial charge is 0.481 e. The number of ether oxygens (including phenoxy) is 1. The van der Waals surface area contributed by atoms with Gasteiger partial charge in [0.25, 0.3) is 15.9 Å². The lowest BCUT2D eigenvalue weighted by molar-refractivity contribution is -0.122. The predicted octanol–water partition coefficient (Wildman–Crippen LogP) is 5.86. The highest BCUT2D eigenvalue weighted by atomic mass is 35.5. The molecule has 33 heavy (non-hydrogen) atoms. The van der Waals surface area contributed by atoms with E-state index in [-0.39, 0.29) is 10.8 Å². The molecule has 0 heterocycles. The van der Waals surface area contributed by atoms with Crippen molar-refractivity contribution in [1.82, 2.24) is 0 Å². The van der Waals surface area contributed by atoms with Crippen LogP contribution in [0, 0.1) is 20.8 Å². The van der Waals surface area contributed by atoms with Gasteiger partial charge in [-0.1, -0.05) is 30.7 Å². The number of anilines is 2. The summed E-state index contributed by atoms with van der Waals surface area (Å²) in [5.41, 5.74) is 3.76. The topological polar surface area (TPSA) is 84.5 Å². The second-order valence-electron chi connectivity index (χ2n) is 7.79. The molecule has 0 radical (unpaired) electrons. The normalized spacial score (nSPS) is 12.2. The summed E-state index contributed by atoms with van der Waals surface area (Å²) in [4.78, 5) is 12.8. The molecule has 0 saturated carbocycles. The number of benzene rings is 3. The third kappa shape index (κ3) is 6.06. The molecule has 2 N–H and O–H groups in total. The molecule has 1 amide bonds. The Morgan fingerprint density at radius 2 is 1.70 bits per heavy atom. The van der Waals surface area contributed by atoms with Gasteiger partial charge >= 0.3 is 0 Å². The van der Waals surface area contributed by atoms with Crippen molar-refractivity contribution in [3.05, 3.63) is 82.4 Å². The molecule has 174 valence electrons. The quantitative estimate of drug-likeness (QED) is 0.417. The molecule has 0 saturated heterocycles. The van der Waals surface area contributed by atoms with Crippen molar-refractivity contribution in [2.45, 2.75) is 45.1 Å². The summed E-state index contributed by atoms with van der Waals surface area (Å²) < 4.78 is 33.9. The van der Waals surface area contributed by atoms with Crippen LogP contribution in [-0.2, 0) is 14.8 Å². The van der Waals surface area contributed by atoms with Gasteiger partial charge in [0.05, 0.1) is 10.6 Å². The molecule has 8 heteroatoms. The van der Waals surface area contributed by atoms with Crippen molar-refractivity contribution in [2.24, 2.45) is 0 Å². The molecular formula is C25H27ClN2O4S. The van der Waals surface area contributed by atoms with Gasteiger partial charge in [-0.05, 0) is 92.4 Å². The van der Waals surface area contributed by atoms with E-state index in [0.717, 1.165) is 11.1 Å². The zero-order valence-electron chi connectivity index (χ0n) is 19.0. The van der Waals surface area contributed by atoms with E-state index in [1.165, 1.54) is 12.1 Å². The van der Waals surface area contributed by atoms with Gasteiger partial charge in [-0.3, -0.25) is 9.52 Å². The van der Waals surface area contributed by atoms with Crippen molar-refractivity contribution < 1.29 is 17.9 Å². The Balaban J connectivity index is 1.69. The number of rotatable bonds is 8.